The van der Waals surface area contributed by atoms with E-state index in [0.29, 0.717) is 11.3 Å². The van der Waals surface area contributed by atoms with Crippen molar-refractivity contribution in [2.75, 3.05) is 12.4 Å². The highest BCUT2D eigenvalue weighted by Gasteiger charge is 2.22. The number of hydrogen-bond acceptors (Lipinski definition) is 7. The zero-order valence-corrected chi connectivity index (χ0v) is 20.5. The molecule has 0 unspecified atom stereocenters. The van der Waals surface area contributed by atoms with E-state index in [-0.39, 0.29) is 32.2 Å². The van der Waals surface area contributed by atoms with Gasteiger partial charge in [0.1, 0.15) is 22.3 Å². The second-order valence-corrected chi connectivity index (χ2v) is 9.46. The average Bonchev–Trinajstić information content (AvgIpc) is 2.80. The largest absolute Gasteiger partial charge is 0.508 e. The van der Waals surface area contributed by atoms with Crippen LogP contribution in [-0.2, 0) is 14.9 Å². The highest BCUT2D eigenvalue weighted by molar-refractivity contribution is 9.10. The topological polar surface area (TPSA) is 126 Å². The quantitative estimate of drug-likeness (QED) is 0.190. The van der Waals surface area contributed by atoms with Crippen molar-refractivity contribution in [3.05, 3.63) is 81.8 Å². The lowest BCUT2D eigenvalue weighted by molar-refractivity contribution is -0.112. The first-order chi connectivity index (χ1) is 16.1. The molecule has 10 heteroatoms. The Morgan fingerprint density at radius 2 is 1.76 bits per heavy atom. The van der Waals surface area contributed by atoms with Gasteiger partial charge in [-0.15, -0.1) is 0 Å². The highest BCUT2D eigenvalue weighted by atomic mass is 79.9. The second kappa shape index (κ2) is 10.4. The first kappa shape index (κ1) is 24.8. The molecule has 34 heavy (non-hydrogen) atoms. The van der Waals surface area contributed by atoms with Crippen LogP contribution in [0, 0.1) is 18.3 Å². The molecule has 3 rings (SSSR count). The molecule has 0 heterocycles. The Balaban J connectivity index is 1.90. The minimum atomic E-state index is -4.14. The Morgan fingerprint density at radius 1 is 1.12 bits per heavy atom. The number of rotatable bonds is 7. The summed E-state index contributed by atoms with van der Waals surface area (Å²) >= 11 is 3.28. The zero-order chi connectivity index (χ0) is 24.9. The molecule has 3 aromatic carbocycles. The molecule has 0 fully saturated rings. The Bertz CT molecular complexity index is 1390. The number of nitriles is 1. The molecular weight excluding hydrogens is 524 g/mol. The van der Waals surface area contributed by atoms with E-state index in [1.807, 2.05) is 13.0 Å². The number of phenols is 1. The lowest BCUT2D eigenvalue weighted by Gasteiger charge is -2.14. The van der Waals surface area contributed by atoms with Gasteiger partial charge >= 0.3 is 10.1 Å². The monoisotopic (exact) mass is 542 g/mol. The molecule has 0 saturated carbocycles. The fourth-order valence-corrected chi connectivity index (χ4v) is 4.43. The van der Waals surface area contributed by atoms with Crippen LogP contribution in [0.3, 0.4) is 0 Å². The van der Waals surface area contributed by atoms with Crippen LogP contribution in [0.15, 0.2) is 75.6 Å². The van der Waals surface area contributed by atoms with Gasteiger partial charge in [-0.1, -0.05) is 17.7 Å². The summed E-state index contributed by atoms with van der Waals surface area (Å²) in [5.74, 6) is -0.622. The predicted molar refractivity (Wildman–Crippen MR) is 130 cm³/mol. The van der Waals surface area contributed by atoms with E-state index in [1.54, 1.807) is 12.1 Å². The number of aromatic hydroxyl groups is 1. The molecule has 0 aromatic heterocycles. The van der Waals surface area contributed by atoms with Crippen LogP contribution in [0.4, 0.5) is 5.69 Å². The van der Waals surface area contributed by atoms with Crippen molar-refractivity contribution < 1.29 is 27.2 Å². The molecule has 0 aliphatic rings. The van der Waals surface area contributed by atoms with Gasteiger partial charge in [-0.25, -0.2) is 0 Å². The minimum Gasteiger partial charge on any atom is -0.508 e. The number of benzene rings is 3. The van der Waals surface area contributed by atoms with Crippen molar-refractivity contribution in [1.29, 1.82) is 5.26 Å². The molecule has 2 N–H and O–H groups in total. The number of aryl methyl sites for hydroxylation is 1. The molecule has 1 amide bonds. The van der Waals surface area contributed by atoms with Gasteiger partial charge in [-0.2, -0.15) is 13.7 Å². The number of halogens is 1. The van der Waals surface area contributed by atoms with Crippen LogP contribution in [0.5, 0.6) is 17.2 Å². The lowest BCUT2D eigenvalue weighted by atomic mass is 10.1. The molecule has 0 spiro atoms. The van der Waals surface area contributed by atoms with E-state index in [4.69, 9.17) is 8.92 Å². The van der Waals surface area contributed by atoms with Crippen molar-refractivity contribution >= 4 is 43.7 Å². The van der Waals surface area contributed by atoms with Gasteiger partial charge in [-0.05, 0) is 83.0 Å². The molecule has 0 bridgehead atoms. The number of amides is 1. The zero-order valence-electron chi connectivity index (χ0n) is 18.1. The number of anilines is 1. The summed E-state index contributed by atoms with van der Waals surface area (Å²) in [6.45, 7) is 1.84. The molecule has 0 aliphatic heterocycles. The Labute approximate surface area is 205 Å². The van der Waals surface area contributed by atoms with Gasteiger partial charge in [0.25, 0.3) is 5.91 Å². The molecule has 3 aromatic rings. The van der Waals surface area contributed by atoms with Crippen LogP contribution in [0.2, 0.25) is 0 Å². The third-order valence-corrected chi connectivity index (χ3v) is 6.38. The SMILES string of the molecule is COc1cc(/C=C(\C#N)C(=O)Nc2ccc(O)cc2)cc(Br)c1OS(=O)(=O)c1ccc(C)cc1. The highest BCUT2D eigenvalue weighted by Crippen LogP contribution is 2.39. The van der Waals surface area contributed by atoms with Crippen molar-refractivity contribution in [1.82, 2.24) is 0 Å². The number of nitrogens with zero attached hydrogens (tertiary/aromatic N) is 1. The van der Waals surface area contributed by atoms with E-state index in [1.165, 1.54) is 61.7 Å². The average molecular weight is 543 g/mol. The third-order valence-electron chi connectivity index (χ3n) is 4.56. The summed E-state index contributed by atoms with van der Waals surface area (Å²) < 4.78 is 36.3. The first-order valence-electron chi connectivity index (χ1n) is 9.74. The van der Waals surface area contributed by atoms with Crippen molar-refractivity contribution in [2.45, 2.75) is 11.8 Å². The van der Waals surface area contributed by atoms with Gasteiger partial charge in [0.2, 0.25) is 0 Å². The van der Waals surface area contributed by atoms with Crippen LogP contribution in [0.1, 0.15) is 11.1 Å². The predicted octanol–water partition coefficient (Wildman–Crippen LogP) is 4.79. The summed E-state index contributed by atoms with van der Waals surface area (Å²) in [7, 11) is -2.80. The maximum atomic E-state index is 12.7. The summed E-state index contributed by atoms with van der Waals surface area (Å²) in [6.07, 6.45) is 1.32. The standard InChI is InChI=1S/C24H19BrN2O6S/c1-15-3-9-20(10-4-15)34(30,31)33-23-21(25)12-16(13-22(23)32-2)11-17(14-26)24(29)27-18-5-7-19(28)8-6-18/h3-13,28H,1-2H3,(H,27,29)/b17-11+. The fraction of sp³-hybridized carbons (Fsp3) is 0.0833. The van der Waals surface area contributed by atoms with Crippen molar-refractivity contribution in [2.24, 2.45) is 0 Å². The van der Waals surface area contributed by atoms with Gasteiger partial charge in [0, 0.05) is 5.69 Å². The lowest BCUT2D eigenvalue weighted by Crippen LogP contribution is -2.13. The summed E-state index contributed by atoms with van der Waals surface area (Å²) in [4.78, 5) is 12.5. The number of hydrogen-bond donors (Lipinski definition) is 2. The van der Waals surface area contributed by atoms with Crippen LogP contribution in [-0.4, -0.2) is 26.5 Å². The van der Waals surface area contributed by atoms with Crippen molar-refractivity contribution in [3.63, 3.8) is 0 Å². The van der Waals surface area contributed by atoms with E-state index >= 15 is 0 Å². The second-order valence-electron chi connectivity index (χ2n) is 7.06. The molecule has 0 atom stereocenters. The summed E-state index contributed by atoms with van der Waals surface area (Å²) in [5.41, 5.74) is 1.48. The third kappa shape index (κ3) is 5.95. The van der Waals surface area contributed by atoms with E-state index in [9.17, 15) is 23.6 Å². The number of phenolic OH excluding ortho intramolecular Hbond substituents is 1. The van der Waals surface area contributed by atoms with Crippen molar-refractivity contribution in [3.8, 4) is 23.3 Å². The number of carbonyl (C=O) groups excluding carboxylic acids is 1. The number of nitrogens with one attached hydrogen (secondary N) is 1. The van der Waals surface area contributed by atoms with Gasteiger partial charge in [0.05, 0.1) is 11.6 Å². The van der Waals surface area contributed by atoms with E-state index < -0.39 is 16.0 Å². The Kier molecular flexibility index (Phi) is 7.61. The minimum absolute atomic E-state index is 0.0197. The smallest absolute Gasteiger partial charge is 0.339 e. The maximum Gasteiger partial charge on any atom is 0.339 e. The number of methoxy groups -OCH3 is 1. The first-order valence-corrected chi connectivity index (χ1v) is 11.9. The van der Waals surface area contributed by atoms with E-state index in [2.05, 4.69) is 21.2 Å². The number of ether oxygens (including phenoxy) is 1. The molecule has 8 nitrogen and oxygen atoms in total. The summed E-state index contributed by atoms with van der Waals surface area (Å²) in [5, 5.41) is 21.4. The molecule has 0 aliphatic carbocycles. The molecular formula is C24H19BrN2O6S. The van der Waals surface area contributed by atoms with Crippen LogP contribution < -0.4 is 14.2 Å². The Morgan fingerprint density at radius 3 is 2.35 bits per heavy atom. The molecule has 174 valence electrons. The van der Waals surface area contributed by atoms with Gasteiger partial charge < -0.3 is 19.3 Å². The van der Waals surface area contributed by atoms with Gasteiger partial charge in [-0.3, -0.25) is 4.79 Å². The summed E-state index contributed by atoms with van der Waals surface area (Å²) in [6, 6.07) is 16.7. The normalized spacial score (nSPS) is 11.4. The van der Waals surface area contributed by atoms with Crippen LogP contribution >= 0.6 is 15.9 Å². The fourth-order valence-electron chi connectivity index (χ4n) is 2.83. The Hall–Kier alpha value is -3.81. The number of carbonyl (C=O) groups is 1. The molecule has 0 radical (unpaired) electrons. The van der Waals surface area contributed by atoms with E-state index in [0.717, 1.165) is 5.56 Å². The van der Waals surface area contributed by atoms with Crippen LogP contribution in [0.25, 0.3) is 6.08 Å². The maximum absolute atomic E-state index is 12.7. The van der Waals surface area contributed by atoms with Gasteiger partial charge in [0.15, 0.2) is 11.5 Å². The molecule has 0 saturated heterocycles.